The molecule has 9 heterocycles. The number of nitrogens with zero attached hydrogens (tertiary/aromatic N) is 6. The number of hydrogen-bond donors (Lipinski definition) is 11. The summed E-state index contributed by atoms with van der Waals surface area (Å²) in [6.07, 6.45) is 1.95. The summed E-state index contributed by atoms with van der Waals surface area (Å²) < 4.78 is 0. The molecule has 29 heteroatoms. The van der Waals surface area contributed by atoms with Crippen molar-refractivity contribution in [3.05, 3.63) is 265 Å². The summed E-state index contributed by atoms with van der Waals surface area (Å²) in [4.78, 5) is 168. The maximum atomic E-state index is 13.3. The van der Waals surface area contributed by atoms with Crippen molar-refractivity contribution in [2.24, 2.45) is 23.7 Å². The molecule has 0 spiro atoms. The van der Waals surface area contributed by atoms with Crippen LogP contribution >= 0.6 is 0 Å². The molecule has 0 unspecified atom stereocenters. The van der Waals surface area contributed by atoms with Crippen LogP contribution in [0.25, 0.3) is 43.6 Å². The Kier molecular flexibility index (Phi) is 22.1. The number of fused-ring (bicyclic) bond motifs is 4. The van der Waals surface area contributed by atoms with Gasteiger partial charge in [-0.3, -0.25) is 62.6 Å². The zero-order valence-electron chi connectivity index (χ0n) is 60.4. The van der Waals surface area contributed by atoms with Crippen LogP contribution in [-0.4, -0.2) is 185 Å². The molecular formula is C84H76N14O15. The summed E-state index contributed by atoms with van der Waals surface area (Å²) >= 11 is 0. The smallest absolute Gasteiger partial charge is 0.310 e. The molecule has 17 rings (SSSR count). The second-order valence-electron chi connectivity index (χ2n) is 27.8. The Morgan fingerprint density at radius 3 is 1.10 bits per heavy atom. The molecule has 0 radical (unpaired) electrons. The molecule has 0 bridgehead atoms. The number of aromatic nitrogens is 5. The lowest BCUT2D eigenvalue weighted by Gasteiger charge is -2.23. The van der Waals surface area contributed by atoms with Crippen molar-refractivity contribution in [2.75, 3.05) is 54.0 Å². The molecule has 4 aromatic heterocycles. The molecule has 8 atom stereocenters. The number of likely N-dealkylation sites (tertiary alicyclic amines) is 2. The normalized spacial score (nSPS) is 19.8. The quantitative estimate of drug-likeness (QED) is 0.0411. The van der Waals surface area contributed by atoms with E-state index in [0.29, 0.717) is 53.3 Å². The molecule has 29 nitrogen and oxygen atoms in total. The van der Waals surface area contributed by atoms with Crippen LogP contribution in [0.1, 0.15) is 60.4 Å². The first-order valence-corrected chi connectivity index (χ1v) is 36.5. The lowest BCUT2D eigenvalue weighted by atomic mass is 10.0. The van der Waals surface area contributed by atoms with E-state index in [9.17, 15) is 72.9 Å². The Morgan fingerprint density at radius 2 is 0.699 bits per heavy atom. The second kappa shape index (κ2) is 33.1. The van der Waals surface area contributed by atoms with Crippen LogP contribution in [0, 0.1) is 23.7 Å². The van der Waals surface area contributed by atoms with Crippen molar-refractivity contribution < 1.29 is 72.9 Å². The second-order valence-corrected chi connectivity index (χ2v) is 27.8. The Hall–Kier alpha value is -14.5. The van der Waals surface area contributed by atoms with E-state index in [1.54, 1.807) is 102 Å². The first-order chi connectivity index (χ1) is 54.7. The van der Waals surface area contributed by atoms with Crippen molar-refractivity contribution in [3.8, 4) is 0 Å². The molecule has 5 saturated heterocycles. The topological polar surface area (TPSA) is 406 Å². The van der Waals surface area contributed by atoms with Gasteiger partial charge in [0, 0.05) is 101 Å². The van der Waals surface area contributed by atoms with Crippen LogP contribution in [0.5, 0.6) is 0 Å². The molecule has 572 valence electrons. The van der Waals surface area contributed by atoms with Crippen LogP contribution in [-0.2, 0) is 44.9 Å². The summed E-state index contributed by atoms with van der Waals surface area (Å²) in [5, 5.41) is 49.2. The number of aliphatic carboxylic acids is 3. The lowest BCUT2D eigenvalue weighted by Crippen LogP contribution is -2.49. The fourth-order valence-electron chi connectivity index (χ4n) is 14.8. The van der Waals surface area contributed by atoms with E-state index in [1.807, 2.05) is 144 Å². The Balaban J connectivity index is 0.000000125. The van der Waals surface area contributed by atoms with Gasteiger partial charge in [0.2, 0.25) is 17.7 Å². The monoisotopic (exact) mass is 1520 g/mol. The first-order valence-electron chi connectivity index (χ1n) is 36.5. The van der Waals surface area contributed by atoms with Gasteiger partial charge in [0.1, 0.15) is 59.0 Å². The highest BCUT2D eigenvalue weighted by Crippen LogP contribution is 2.32. The van der Waals surface area contributed by atoms with Crippen molar-refractivity contribution in [2.45, 2.75) is 43.6 Å². The van der Waals surface area contributed by atoms with Gasteiger partial charge in [0.05, 0.1) is 11.4 Å². The number of rotatable bonds is 17. The number of aromatic amines is 4. The van der Waals surface area contributed by atoms with Crippen LogP contribution in [0.4, 0.5) is 17.1 Å². The van der Waals surface area contributed by atoms with Gasteiger partial charge in [-0.1, -0.05) is 158 Å². The number of carboxylic acids is 3. The van der Waals surface area contributed by atoms with Crippen LogP contribution < -0.4 is 36.0 Å². The maximum Gasteiger partial charge on any atom is 0.310 e. The van der Waals surface area contributed by atoms with E-state index < -0.39 is 95.3 Å². The van der Waals surface area contributed by atoms with Crippen LogP contribution in [0.15, 0.2) is 237 Å². The molecule has 5 aliphatic rings. The van der Waals surface area contributed by atoms with Crippen molar-refractivity contribution in [1.29, 1.82) is 0 Å². The number of carbonyl (C=O) groups is 12. The zero-order chi connectivity index (χ0) is 79.0. The van der Waals surface area contributed by atoms with Gasteiger partial charge in [-0.2, -0.15) is 5.10 Å². The summed E-state index contributed by atoms with van der Waals surface area (Å²) in [6, 6.07) is 66.6. The molecule has 9 amide bonds. The minimum Gasteiger partial charge on any atom is -0.481 e. The van der Waals surface area contributed by atoms with E-state index in [1.165, 1.54) is 14.7 Å². The van der Waals surface area contributed by atoms with Crippen LogP contribution in [0.3, 0.4) is 0 Å². The number of H-pyrrole nitrogens is 4. The highest BCUT2D eigenvalue weighted by Gasteiger charge is 2.50. The van der Waals surface area contributed by atoms with Gasteiger partial charge in [-0.15, -0.1) is 0 Å². The molecular weight excluding hydrogens is 1450 g/mol. The SMILES string of the molecule is O=C(N[C@@H]1C(=O)N(c2ccccc2)C[C@H]1C(=O)N1CCCC1)c1cc2ccccc2[nH]1.O=C(N[C@H]1C(=O)N(Cc2ccccc2)C[C@H]1C(=O)O)c1cc2ccccc2[nH]1.O=C(N[C@H]1C(=O)N(c2ccccc2)C[C@H]1C(=O)O)c1cc2ccccc2[nH]1.O=C(N[C@H]1C(=O)N(c2ccccc2)C[C@H]1C(=O)O)c1n[nH]c2ccccc12. The van der Waals surface area contributed by atoms with E-state index in [0.717, 1.165) is 56.8 Å². The number of carbonyl (C=O) groups excluding carboxylic acids is 9. The molecule has 0 saturated carbocycles. The van der Waals surface area contributed by atoms with Gasteiger partial charge >= 0.3 is 17.9 Å². The fraction of sp³-hybridized carbons (Fsp3) is 0.202. The Morgan fingerprint density at radius 1 is 0.372 bits per heavy atom. The van der Waals surface area contributed by atoms with E-state index in [2.05, 4.69) is 46.4 Å². The van der Waals surface area contributed by atoms with Crippen LogP contribution in [0.2, 0.25) is 0 Å². The largest absolute Gasteiger partial charge is 0.481 e. The van der Waals surface area contributed by atoms with Gasteiger partial charge < -0.3 is 76.0 Å². The number of hydrogen-bond acceptors (Lipinski definition) is 13. The molecule has 0 aliphatic carbocycles. The van der Waals surface area contributed by atoms with Gasteiger partial charge in [0.15, 0.2) is 5.69 Å². The minimum absolute atomic E-state index is 0.00948. The molecule has 5 fully saturated rings. The molecule has 11 N–H and O–H groups in total. The van der Waals surface area contributed by atoms with Gasteiger partial charge in [-0.05, 0) is 97.3 Å². The number of para-hydroxylation sites is 7. The minimum atomic E-state index is -1.16. The van der Waals surface area contributed by atoms with E-state index in [4.69, 9.17) is 0 Å². The lowest BCUT2D eigenvalue weighted by molar-refractivity contribution is -0.143. The number of carboxylic acid groups (broad SMARTS) is 3. The van der Waals surface area contributed by atoms with Crippen molar-refractivity contribution in [1.82, 2.24) is 56.2 Å². The predicted molar refractivity (Wildman–Crippen MR) is 417 cm³/mol. The molecule has 113 heavy (non-hydrogen) atoms. The molecule has 5 aliphatic heterocycles. The number of amides is 9. The highest BCUT2D eigenvalue weighted by molar-refractivity contribution is 6.12. The van der Waals surface area contributed by atoms with E-state index >= 15 is 0 Å². The third kappa shape index (κ3) is 16.3. The number of anilines is 3. The number of benzene rings is 8. The van der Waals surface area contributed by atoms with Crippen molar-refractivity contribution in [3.63, 3.8) is 0 Å². The first kappa shape index (κ1) is 75.3. The third-order valence-electron chi connectivity index (χ3n) is 20.6. The standard InChI is InChI=1S/C24H24N4O3.C21H19N3O4.C20H17N3O4.C19H16N4O4/c29-22(20-14-16-8-4-5-11-19(16)25-20)26-21-18(23(30)27-12-6-7-13-27)15-28(24(21)31)17-9-2-1-3-10-17;25-19(17-10-14-8-4-5-9-16(14)22-17)23-18-15(21(27)28)12-24(20(18)26)11-13-6-2-1-3-7-13;24-18(16-10-12-6-4-5-9-15(12)21-16)22-17-14(20(26)27)11-23(19(17)25)13-7-2-1-3-8-13;24-17(15-12-8-4-5-9-14(12)21-22-15)20-16-13(19(26)27)10-23(18(16)25)11-6-2-1-3-7-11/h1-5,8-11,14,18,21,25H,6-7,12-13,15H2,(H,26,29);1-10,15,18,22H,11-12H2,(H,23,25)(H,27,28);1-10,14,17,21H,11H2,(H,22,24)(H,26,27);1-9,13,16H,10H2,(H,20,24)(H,21,22)(H,26,27)/t18-,21+;15-,18-;14-,17-;13-,16-/m1111/s1. The average molecular weight is 1520 g/mol. The zero-order valence-corrected chi connectivity index (χ0v) is 60.4. The van der Waals surface area contributed by atoms with Crippen molar-refractivity contribution >= 4 is 132 Å². The fourth-order valence-corrected chi connectivity index (χ4v) is 14.8. The predicted octanol–water partition coefficient (Wildman–Crippen LogP) is 7.98. The average Bonchev–Trinajstić information content (AvgIpc) is 1.63. The maximum absolute atomic E-state index is 13.3. The number of nitrogens with one attached hydrogen (secondary N) is 8. The van der Waals surface area contributed by atoms with Gasteiger partial charge in [-0.25, -0.2) is 0 Å². The highest BCUT2D eigenvalue weighted by atomic mass is 16.4. The molecule has 8 aromatic carbocycles. The van der Waals surface area contributed by atoms with Gasteiger partial charge in [0.25, 0.3) is 35.4 Å². The third-order valence-corrected chi connectivity index (χ3v) is 20.6. The Bertz CT molecular complexity index is 5500. The summed E-state index contributed by atoms with van der Waals surface area (Å²) in [6.45, 7) is 2.04. The summed E-state index contributed by atoms with van der Waals surface area (Å²) in [5.74, 6) is -10.6. The summed E-state index contributed by atoms with van der Waals surface area (Å²) in [5.41, 5.74) is 7.03. The summed E-state index contributed by atoms with van der Waals surface area (Å²) in [7, 11) is 0. The Labute approximate surface area is 643 Å². The van der Waals surface area contributed by atoms with E-state index in [-0.39, 0.29) is 61.2 Å². The molecule has 12 aromatic rings.